The molecular formula is C22H28N2OS. The fourth-order valence-corrected chi connectivity index (χ4v) is 5.68. The number of aromatic nitrogens is 2. The molecule has 0 bridgehead atoms. The van der Waals surface area contributed by atoms with E-state index in [2.05, 4.69) is 50.0 Å². The van der Waals surface area contributed by atoms with Crippen LogP contribution < -0.4 is 5.56 Å². The number of nitrogens with one attached hydrogen (secondary N) is 1. The Morgan fingerprint density at radius 1 is 1.19 bits per heavy atom. The van der Waals surface area contributed by atoms with Gasteiger partial charge in [0.05, 0.1) is 11.3 Å². The summed E-state index contributed by atoms with van der Waals surface area (Å²) in [6.45, 7) is 6.57. The number of fused-ring (bicyclic) bond motifs is 3. The lowest BCUT2D eigenvalue weighted by atomic mass is 9.60. The lowest BCUT2D eigenvalue weighted by Gasteiger charge is -2.43. The van der Waals surface area contributed by atoms with Crippen LogP contribution in [0.2, 0.25) is 0 Å². The van der Waals surface area contributed by atoms with Crippen molar-refractivity contribution in [2.24, 2.45) is 5.92 Å². The maximum Gasteiger partial charge on any atom is 0.255 e. The molecule has 0 radical (unpaired) electrons. The van der Waals surface area contributed by atoms with Gasteiger partial charge in [0.2, 0.25) is 0 Å². The van der Waals surface area contributed by atoms with Crippen molar-refractivity contribution in [2.45, 2.75) is 75.1 Å². The molecule has 1 fully saturated rings. The fourth-order valence-electron chi connectivity index (χ4n) is 4.93. The van der Waals surface area contributed by atoms with Crippen LogP contribution in [-0.2, 0) is 11.8 Å². The van der Waals surface area contributed by atoms with E-state index >= 15 is 0 Å². The van der Waals surface area contributed by atoms with Crippen LogP contribution in [0.15, 0.2) is 34.2 Å². The van der Waals surface area contributed by atoms with Gasteiger partial charge in [-0.05, 0) is 30.7 Å². The normalized spacial score (nSPS) is 22.9. The second-order valence-electron chi connectivity index (χ2n) is 8.35. The highest BCUT2D eigenvalue weighted by atomic mass is 32.2. The first-order chi connectivity index (χ1) is 12.5. The van der Waals surface area contributed by atoms with Crippen molar-refractivity contribution in [3.8, 4) is 11.3 Å². The van der Waals surface area contributed by atoms with E-state index < -0.39 is 0 Å². The summed E-state index contributed by atoms with van der Waals surface area (Å²) in [5.74, 6) is 0.565. The van der Waals surface area contributed by atoms with E-state index in [4.69, 9.17) is 4.98 Å². The van der Waals surface area contributed by atoms with Gasteiger partial charge in [0.25, 0.3) is 5.56 Å². The first-order valence-electron chi connectivity index (χ1n) is 9.89. The Hall–Kier alpha value is -1.55. The van der Waals surface area contributed by atoms with Crippen LogP contribution >= 0.6 is 11.8 Å². The van der Waals surface area contributed by atoms with Crippen LogP contribution in [0.4, 0.5) is 0 Å². The monoisotopic (exact) mass is 368 g/mol. The van der Waals surface area contributed by atoms with Crippen molar-refractivity contribution in [2.75, 3.05) is 0 Å². The van der Waals surface area contributed by atoms with Gasteiger partial charge in [-0.2, -0.15) is 0 Å². The van der Waals surface area contributed by atoms with Crippen LogP contribution in [0.25, 0.3) is 11.3 Å². The number of thioether (sulfide) groups is 1. The van der Waals surface area contributed by atoms with E-state index in [1.54, 1.807) is 11.8 Å². The standard InChI is InChI=1S/C22H28N2OS/c1-14(2)26-21-23-19-17-12-8-7-9-15(17)13-22(3,18(19)20(25)24-21)16-10-5-4-6-11-16/h7-9,12,14,16H,4-6,10-11,13H2,1-3H3,(H,23,24,25). The molecule has 1 saturated carbocycles. The lowest BCUT2D eigenvalue weighted by molar-refractivity contribution is 0.213. The molecule has 2 aliphatic rings. The van der Waals surface area contributed by atoms with Crippen molar-refractivity contribution in [3.63, 3.8) is 0 Å². The molecule has 0 amide bonds. The Labute approximate surface area is 160 Å². The Morgan fingerprint density at radius 3 is 2.65 bits per heavy atom. The smallest absolute Gasteiger partial charge is 0.255 e. The zero-order chi connectivity index (χ0) is 18.3. The molecule has 0 aliphatic heterocycles. The Morgan fingerprint density at radius 2 is 1.92 bits per heavy atom. The molecule has 0 spiro atoms. The topological polar surface area (TPSA) is 45.8 Å². The molecule has 1 atom stereocenters. The van der Waals surface area contributed by atoms with E-state index in [9.17, 15) is 4.79 Å². The highest BCUT2D eigenvalue weighted by Gasteiger charge is 2.44. The highest BCUT2D eigenvalue weighted by Crippen LogP contribution is 2.48. The van der Waals surface area contributed by atoms with Gasteiger partial charge in [-0.1, -0.05) is 76.1 Å². The second-order valence-corrected chi connectivity index (χ2v) is 9.91. The number of hydrogen-bond acceptors (Lipinski definition) is 3. The molecule has 2 aliphatic carbocycles. The van der Waals surface area contributed by atoms with Gasteiger partial charge < -0.3 is 4.98 Å². The quantitative estimate of drug-likeness (QED) is 0.588. The molecule has 1 aromatic heterocycles. The summed E-state index contributed by atoms with van der Waals surface area (Å²) in [5, 5.41) is 1.13. The Kier molecular flexibility index (Phi) is 4.72. The van der Waals surface area contributed by atoms with Gasteiger partial charge in [-0.25, -0.2) is 4.98 Å². The van der Waals surface area contributed by atoms with E-state index in [0.717, 1.165) is 28.4 Å². The highest BCUT2D eigenvalue weighted by molar-refractivity contribution is 7.99. The molecule has 4 rings (SSSR count). The average molecular weight is 369 g/mol. The van der Waals surface area contributed by atoms with Gasteiger partial charge in [0.15, 0.2) is 5.16 Å². The van der Waals surface area contributed by atoms with E-state index in [0.29, 0.717) is 11.2 Å². The third-order valence-corrected chi connectivity index (χ3v) is 7.04. The summed E-state index contributed by atoms with van der Waals surface area (Å²) in [5.41, 5.74) is 4.29. The Bertz CT molecular complexity index is 867. The minimum absolute atomic E-state index is 0.0701. The number of aromatic amines is 1. The molecule has 3 nitrogen and oxygen atoms in total. The maximum absolute atomic E-state index is 13.2. The van der Waals surface area contributed by atoms with Crippen molar-refractivity contribution in [1.82, 2.24) is 9.97 Å². The molecule has 1 heterocycles. The van der Waals surface area contributed by atoms with Crippen LogP contribution in [0.1, 0.15) is 64.0 Å². The third-order valence-electron chi connectivity index (χ3n) is 6.15. The Balaban J connectivity index is 1.91. The number of nitrogens with zero attached hydrogens (tertiary/aromatic N) is 1. The summed E-state index contributed by atoms with van der Waals surface area (Å²) in [6, 6.07) is 8.52. The second kappa shape index (κ2) is 6.88. The van der Waals surface area contributed by atoms with Gasteiger partial charge in [-0.3, -0.25) is 4.79 Å². The van der Waals surface area contributed by atoms with Crippen LogP contribution in [0.3, 0.4) is 0 Å². The van der Waals surface area contributed by atoms with Crippen LogP contribution in [0, 0.1) is 5.92 Å². The van der Waals surface area contributed by atoms with Gasteiger partial charge in [-0.15, -0.1) is 0 Å². The maximum atomic E-state index is 13.2. The predicted molar refractivity (Wildman–Crippen MR) is 109 cm³/mol. The van der Waals surface area contributed by atoms with Crippen LogP contribution in [0.5, 0.6) is 0 Å². The van der Waals surface area contributed by atoms with Gasteiger partial charge in [0, 0.05) is 16.2 Å². The van der Waals surface area contributed by atoms with Gasteiger partial charge in [0.1, 0.15) is 0 Å². The minimum Gasteiger partial charge on any atom is -0.301 e. The summed E-state index contributed by atoms with van der Waals surface area (Å²) in [7, 11) is 0. The van der Waals surface area contributed by atoms with E-state index in [1.807, 2.05) is 0 Å². The molecule has 26 heavy (non-hydrogen) atoms. The molecule has 1 unspecified atom stereocenters. The number of benzene rings is 1. The molecule has 138 valence electrons. The van der Waals surface area contributed by atoms with E-state index in [-0.39, 0.29) is 11.0 Å². The predicted octanol–water partition coefficient (Wildman–Crippen LogP) is 5.33. The molecule has 4 heteroatoms. The van der Waals surface area contributed by atoms with Crippen molar-refractivity contribution >= 4 is 11.8 Å². The SMILES string of the molecule is CC(C)Sc1nc2c(c(=O)[nH]1)C(C)(C1CCCCC1)Cc1ccccc1-2. The van der Waals surface area contributed by atoms with Crippen molar-refractivity contribution in [3.05, 3.63) is 45.7 Å². The summed E-state index contributed by atoms with van der Waals surface area (Å²) in [4.78, 5) is 21.3. The summed E-state index contributed by atoms with van der Waals surface area (Å²) in [6.07, 6.45) is 7.28. The number of H-pyrrole nitrogens is 1. The lowest BCUT2D eigenvalue weighted by Crippen LogP contribution is -2.43. The summed E-state index contributed by atoms with van der Waals surface area (Å²) < 4.78 is 0. The largest absolute Gasteiger partial charge is 0.301 e. The minimum atomic E-state index is -0.119. The van der Waals surface area contributed by atoms with Crippen LogP contribution in [-0.4, -0.2) is 15.2 Å². The zero-order valence-electron chi connectivity index (χ0n) is 16.0. The first-order valence-corrected chi connectivity index (χ1v) is 10.8. The molecule has 1 aromatic carbocycles. The summed E-state index contributed by atoms with van der Waals surface area (Å²) >= 11 is 1.63. The number of rotatable bonds is 3. The van der Waals surface area contributed by atoms with Crippen molar-refractivity contribution in [1.29, 1.82) is 0 Å². The molecular weight excluding hydrogens is 340 g/mol. The first kappa shape index (κ1) is 17.8. The zero-order valence-corrected chi connectivity index (χ0v) is 16.8. The molecule has 2 aromatic rings. The third kappa shape index (κ3) is 3.02. The molecule has 1 N–H and O–H groups in total. The molecule has 0 saturated heterocycles. The van der Waals surface area contributed by atoms with Gasteiger partial charge >= 0.3 is 0 Å². The van der Waals surface area contributed by atoms with E-state index in [1.165, 1.54) is 37.7 Å². The number of hydrogen-bond donors (Lipinski definition) is 1. The van der Waals surface area contributed by atoms with Crippen molar-refractivity contribution < 1.29 is 0 Å². The fraction of sp³-hybridized carbons (Fsp3) is 0.545. The average Bonchev–Trinajstić information content (AvgIpc) is 2.61.